The van der Waals surface area contributed by atoms with E-state index in [0.29, 0.717) is 0 Å². The van der Waals surface area contributed by atoms with Crippen LogP contribution in [-0.2, 0) is 84.5 Å². The molecule has 0 saturated heterocycles. The van der Waals surface area contributed by atoms with E-state index in [4.69, 9.17) is 142 Å². The van der Waals surface area contributed by atoms with Crippen LogP contribution < -0.4 is 154 Å². The first-order valence-corrected chi connectivity index (χ1v) is 2.68. The fourth-order valence-corrected chi connectivity index (χ4v) is 0. The number of hydrogen-bond acceptors (Lipinski definition) is 12. The first-order chi connectivity index (χ1) is 12.0. The van der Waals surface area contributed by atoms with Gasteiger partial charge in [-0.2, -0.15) is 0 Å². The topological polar surface area (TPSA) is 285 Å². The molecule has 0 aliphatic rings. The van der Waals surface area contributed by atoms with Gasteiger partial charge in [-0.05, 0) is 0 Å². The molecule has 32 heavy (non-hydrogen) atoms. The maximum absolute atomic E-state index is 6.25. The molecule has 0 aliphatic carbocycles. The third kappa shape index (κ3) is 15900. The van der Waals surface area contributed by atoms with Crippen LogP contribution in [0, 0.1) is 142 Å². The molecule has 0 rings (SSSR count). The van der Waals surface area contributed by atoms with E-state index in [-0.39, 0.29) is 243 Å². The van der Waals surface area contributed by atoms with Gasteiger partial charge in [0, 0.05) is 0 Å². The van der Waals surface area contributed by atoms with Crippen LogP contribution in [0.15, 0.2) is 0 Å². The SMILES string of the molecule is [C-]#N.[C-]#N.[C-]#N.[C-]#N.[C-]#N.[C-]#N.[C-]#N.[C-]#N.[C-]#N.[C-]#N.[C-]#N.[C-]#N.[Co+2].[Co+2].[Co+2].[Fe+3].[Fe+3].[H-].[H-].[H-].[K+].[K+].[K+]. The van der Waals surface area contributed by atoms with E-state index in [1.54, 1.807) is 0 Å². The van der Waals surface area contributed by atoms with E-state index < -0.39 is 0 Å². The van der Waals surface area contributed by atoms with Gasteiger partial charge in [-0.3, -0.25) is 0 Å². The summed E-state index contributed by atoms with van der Waals surface area (Å²) in [7, 11) is 0. The van der Waals surface area contributed by atoms with Gasteiger partial charge in [-0.1, -0.05) is 0 Å². The average Bonchev–Trinajstić information content (AvgIpc) is 2.84. The quantitative estimate of drug-likeness (QED) is 0.167. The molecule has 0 N–H and O–H groups in total. The Balaban J connectivity index is -0.00000000208. The third-order valence-corrected chi connectivity index (χ3v) is 0. The summed E-state index contributed by atoms with van der Waals surface area (Å²) in [5, 5.41) is 75.0. The second kappa shape index (κ2) is 17500. The first-order valence-electron chi connectivity index (χ1n) is 2.68. The van der Waals surface area contributed by atoms with Crippen molar-refractivity contribution in [2.75, 3.05) is 0 Å². The van der Waals surface area contributed by atoms with Gasteiger partial charge in [0.05, 0.1) is 0 Å². The maximum Gasteiger partial charge on any atom is 3.00 e. The van der Waals surface area contributed by atoms with Gasteiger partial charge in [-0.25, -0.2) is 0 Å². The largest absolute Gasteiger partial charge is 3.00 e. The first kappa shape index (κ1) is 196. The van der Waals surface area contributed by atoms with Crippen LogP contribution in [0.5, 0.6) is 0 Å². The van der Waals surface area contributed by atoms with Crippen molar-refractivity contribution in [1.82, 2.24) is 0 Å². The van der Waals surface area contributed by atoms with Gasteiger partial charge in [0.25, 0.3) is 0 Å². The predicted octanol–water partition coefficient (Wildman–Crippen LogP) is -7.51. The molecule has 157 valence electrons. The molecule has 0 aliphatic heterocycles. The van der Waals surface area contributed by atoms with Crippen molar-refractivity contribution < 1.29 is 243 Å². The van der Waals surface area contributed by atoms with Crippen LogP contribution in [0.3, 0.4) is 0 Å². The van der Waals surface area contributed by atoms with Crippen molar-refractivity contribution in [3.05, 3.63) is 78.9 Å². The Hall–Kier alpha value is 1.35. The normalized spacial score (nSPS) is 0.750. The molecular weight excluding hydrogens is 718 g/mol. The summed E-state index contributed by atoms with van der Waals surface area (Å²) < 4.78 is 0. The Morgan fingerprint density at radius 1 is 0.219 bits per heavy atom. The standard InChI is InChI=1S/12CN.3Co.2Fe.3K.3H/c12*1-2;;;;;;;;;;;/q12*-1;3*+2;2*+3;3*+1;3*-1. The molecule has 0 aromatic carbocycles. The van der Waals surface area contributed by atoms with E-state index in [1.807, 2.05) is 0 Å². The molecular formula is C12H3Co3Fe2K3N12. The summed E-state index contributed by atoms with van der Waals surface area (Å²) in [5.74, 6) is 0. The van der Waals surface area contributed by atoms with Crippen LogP contribution in [0.4, 0.5) is 0 Å². The second-order valence-electron chi connectivity index (χ2n) is 0. The molecule has 5 radical (unpaired) electrons. The second-order valence-corrected chi connectivity index (χ2v) is 0. The average molecular weight is 721 g/mol. The van der Waals surface area contributed by atoms with Crippen molar-refractivity contribution in [3.8, 4) is 0 Å². The van der Waals surface area contributed by atoms with Gasteiger partial charge < -0.3 is 146 Å². The Kier molecular flexibility index (Phi) is 107000. The minimum Gasteiger partial charge on any atom is -1.00 e. The van der Waals surface area contributed by atoms with Gasteiger partial charge in [0.15, 0.2) is 0 Å². The molecule has 0 amide bonds. The van der Waals surface area contributed by atoms with Crippen LogP contribution in [-0.4, -0.2) is 0 Å². The van der Waals surface area contributed by atoms with Crippen molar-refractivity contribution in [2.24, 2.45) is 0 Å². The monoisotopic (exact) mass is 721 g/mol. The molecule has 0 aromatic heterocycles. The molecule has 0 bridgehead atoms. The maximum atomic E-state index is 6.25. The Morgan fingerprint density at radius 2 is 0.219 bits per heavy atom. The van der Waals surface area contributed by atoms with E-state index in [0.717, 1.165) is 0 Å². The van der Waals surface area contributed by atoms with Gasteiger partial charge >= 0.3 is 239 Å². The smallest absolute Gasteiger partial charge is 1.00 e. The minimum absolute atomic E-state index is 0. The Bertz CT molecular complexity index is 263. The Morgan fingerprint density at radius 3 is 0.219 bits per heavy atom. The van der Waals surface area contributed by atoms with Crippen molar-refractivity contribution in [2.45, 2.75) is 0 Å². The summed E-state index contributed by atoms with van der Waals surface area (Å²) >= 11 is 0. The summed E-state index contributed by atoms with van der Waals surface area (Å²) in [6.45, 7) is 57.0. The van der Waals surface area contributed by atoms with E-state index in [2.05, 4.69) is 0 Å². The predicted molar refractivity (Wildman–Crippen MR) is 63.0 cm³/mol. The number of nitrogens with zero attached hydrogens (tertiary/aromatic N) is 12. The molecule has 0 heterocycles. The fraction of sp³-hybridized carbons (Fsp3) is 0. The number of hydrogen-bond donors (Lipinski definition) is 0. The van der Waals surface area contributed by atoms with Crippen molar-refractivity contribution in [1.29, 1.82) is 63.1 Å². The van der Waals surface area contributed by atoms with Crippen LogP contribution in [0.1, 0.15) is 4.28 Å². The summed E-state index contributed by atoms with van der Waals surface area (Å²) in [5.41, 5.74) is 0. The Labute approximate surface area is 376 Å². The number of rotatable bonds is 0. The molecule has 0 unspecified atom stereocenters. The molecule has 20 heteroatoms. The van der Waals surface area contributed by atoms with Crippen molar-refractivity contribution in [3.63, 3.8) is 0 Å². The molecule has 0 aromatic rings. The van der Waals surface area contributed by atoms with E-state index in [9.17, 15) is 0 Å². The molecule has 0 fully saturated rings. The van der Waals surface area contributed by atoms with Crippen LogP contribution in [0.25, 0.3) is 0 Å². The minimum atomic E-state index is 0. The zero-order valence-corrected chi connectivity index (χ0v) is 30.8. The van der Waals surface area contributed by atoms with Gasteiger partial charge in [-0.15, -0.1) is 0 Å². The molecule has 0 saturated carbocycles. The fourth-order valence-electron chi connectivity index (χ4n) is 0. The summed E-state index contributed by atoms with van der Waals surface area (Å²) in [4.78, 5) is 0. The van der Waals surface area contributed by atoms with Crippen LogP contribution in [0.2, 0.25) is 0 Å². The zero-order chi connectivity index (χ0) is 24.0. The zero-order valence-electron chi connectivity index (χ0n) is 19.1. The summed E-state index contributed by atoms with van der Waals surface area (Å²) in [6.07, 6.45) is 0. The van der Waals surface area contributed by atoms with Crippen LogP contribution >= 0.6 is 0 Å². The molecule has 0 spiro atoms. The third-order valence-electron chi connectivity index (χ3n) is 0. The van der Waals surface area contributed by atoms with E-state index in [1.165, 1.54) is 0 Å². The molecule has 0 atom stereocenters. The van der Waals surface area contributed by atoms with E-state index >= 15 is 0 Å². The molecule has 12 nitrogen and oxygen atoms in total. The van der Waals surface area contributed by atoms with Crippen molar-refractivity contribution >= 4 is 0 Å². The summed E-state index contributed by atoms with van der Waals surface area (Å²) in [6, 6.07) is 0. The van der Waals surface area contributed by atoms with Gasteiger partial charge in [0.1, 0.15) is 0 Å². The van der Waals surface area contributed by atoms with Gasteiger partial charge in [0.2, 0.25) is 0 Å².